The smallest absolute Gasteiger partial charge is 0.260 e. The minimum atomic E-state index is -0.542. The molecule has 3 nitrogen and oxygen atoms in total. The molecule has 164 valence electrons. The summed E-state index contributed by atoms with van der Waals surface area (Å²) in [5.74, 6) is -1.05. The molecular weight excluding hydrogens is 383 g/mol. The summed E-state index contributed by atoms with van der Waals surface area (Å²) >= 11 is 5.11. The summed E-state index contributed by atoms with van der Waals surface area (Å²) in [5, 5.41) is 5.81. The van der Waals surface area contributed by atoms with Crippen molar-refractivity contribution in [3.63, 3.8) is 0 Å². The number of rotatable bonds is 16. The zero-order valence-electron chi connectivity index (χ0n) is 18.1. The van der Waals surface area contributed by atoms with Gasteiger partial charge in [0.05, 0.1) is 5.56 Å². The van der Waals surface area contributed by atoms with Crippen LogP contribution in [0.5, 0.6) is 0 Å². The van der Waals surface area contributed by atoms with Crippen LogP contribution in [0.3, 0.4) is 0 Å². The lowest BCUT2D eigenvalue weighted by atomic mass is 10.0. The fraction of sp³-hybridized carbons (Fsp3) is 0.667. The van der Waals surface area contributed by atoms with Gasteiger partial charge >= 0.3 is 0 Å². The van der Waals surface area contributed by atoms with Crippen LogP contribution in [0, 0.1) is 5.82 Å². The SMILES string of the molecule is CCCCCCCCCCCCCCCCNC(=S)NC(=O)c1ccccc1F. The van der Waals surface area contributed by atoms with Crippen molar-refractivity contribution in [2.24, 2.45) is 0 Å². The predicted molar refractivity (Wildman–Crippen MR) is 125 cm³/mol. The van der Waals surface area contributed by atoms with Gasteiger partial charge in [-0.25, -0.2) is 4.39 Å². The lowest BCUT2D eigenvalue weighted by Crippen LogP contribution is -2.39. The van der Waals surface area contributed by atoms with Gasteiger partial charge in [-0.05, 0) is 30.8 Å². The molecule has 0 heterocycles. The van der Waals surface area contributed by atoms with E-state index in [1.165, 1.54) is 89.2 Å². The summed E-state index contributed by atoms with van der Waals surface area (Å²) in [6, 6.07) is 5.89. The normalized spacial score (nSPS) is 10.7. The Bertz CT molecular complexity index is 580. The van der Waals surface area contributed by atoms with E-state index in [0.29, 0.717) is 0 Å². The van der Waals surface area contributed by atoms with Gasteiger partial charge in [0.1, 0.15) is 5.82 Å². The number of unbranched alkanes of at least 4 members (excludes halogenated alkanes) is 13. The first-order chi connectivity index (χ1) is 14.1. The molecule has 0 saturated carbocycles. The van der Waals surface area contributed by atoms with Crippen LogP contribution in [0.4, 0.5) is 4.39 Å². The van der Waals surface area contributed by atoms with Crippen LogP contribution in [0.25, 0.3) is 0 Å². The number of nitrogens with one attached hydrogen (secondary N) is 2. The molecule has 5 heteroatoms. The highest BCUT2D eigenvalue weighted by molar-refractivity contribution is 7.80. The summed E-state index contributed by atoms with van der Waals surface area (Å²) in [6.07, 6.45) is 18.6. The van der Waals surface area contributed by atoms with Gasteiger partial charge < -0.3 is 5.32 Å². The average molecular weight is 423 g/mol. The molecule has 0 aliphatic heterocycles. The fourth-order valence-electron chi connectivity index (χ4n) is 3.38. The maximum Gasteiger partial charge on any atom is 0.260 e. The third-order valence-corrected chi connectivity index (χ3v) is 5.41. The lowest BCUT2D eigenvalue weighted by molar-refractivity contribution is 0.0973. The van der Waals surface area contributed by atoms with Gasteiger partial charge in [0.15, 0.2) is 5.11 Å². The first-order valence-electron chi connectivity index (χ1n) is 11.5. The number of hydrogen-bond acceptors (Lipinski definition) is 2. The molecule has 2 N–H and O–H groups in total. The first-order valence-corrected chi connectivity index (χ1v) is 11.9. The van der Waals surface area contributed by atoms with Gasteiger partial charge in [-0.15, -0.1) is 0 Å². The molecule has 1 aromatic rings. The van der Waals surface area contributed by atoms with Crippen molar-refractivity contribution in [2.75, 3.05) is 6.54 Å². The van der Waals surface area contributed by atoms with Gasteiger partial charge in [-0.2, -0.15) is 0 Å². The Labute approximate surface area is 182 Å². The standard InChI is InChI=1S/C24H39FN2OS/c1-2-3-4-5-6-7-8-9-10-11-12-13-14-17-20-26-24(29)27-23(28)21-18-15-16-19-22(21)25/h15-16,18-19H,2-14,17,20H2,1H3,(H2,26,27,28,29). The number of amides is 1. The van der Waals surface area contributed by atoms with Gasteiger partial charge in [-0.3, -0.25) is 10.1 Å². The fourth-order valence-corrected chi connectivity index (χ4v) is 3.58. The third kappa shape index (κ3) is 13.4. The maximum absolute atomic E-state index is 13.6. The number of carbonyl (C=O) groups is 1. The Morgan fingerprint density at radius 2 is 1.31 bits per heavy atom. The van der Waals surface area contributed by atoms with E-state index in [2.05, 4.69) is 17.6 Å². The van der Waals surface area contributed by atoms with Crippen molar-refractivity contribution in [2.45, 2.75) is 96.8 Å². The molecule has 29 heavy (non-hydrogen) atoms. The van der Waals surface area contributed by atoms with Crippen molar-refractivity contribution in [3.8, 4) is 0 Å². The van der Waals surface area contributed by atoms with Crippen LogP contribution in [0.1, 0.15) is 107 Å². The molecule has 1 amide bonds. The minimum Gasteiger partial charge on any atom is -0.362 e. The number of hydrogen-bond donors (Lipinski definition) is 2. The van der Waals surface area contributed by atoms with Gasteiger partial charge in [0, 0.05) is 6.54 Å². The molecule has 0 aromatic heterocycles. The van der Waals surface area contributed by atoms with Crippen LogP contribution in [-0.4, -0.2) is 17.6 Å². The number of carbonyl (C=O) groups excluding carboxylic acids is 1. The topological polar surface area (TPSA) is 41.1 Å². The summed E-state index contributed by atoms with van der Waals surface area (Å²) in [7, 11) is 0. The second-order valence-corrected chi connectivity index (χ2v) is 8.19. The molecule has 0 atom stereocenters. The summed E-state index contributed by atoms with van der Waals surface area (Å²) in [6.45, 7) is 3.00. The van der Waals surface area contributed by atoms with E-state index in [9.17, 15) is 9.18 Å². The Hall–Kier alpha value is -1.49. The molecule has 0 spiro atoms. The lowest BCUT2D eigenvalue weighted by Gasteiger charge is -2.10. The van der Waals surface area contributed by atoms with Crippen LogP contribution in [-0.2, 0) is 0 Å². The van der Waals surface area contributed by atoms with Gasteiger partial charge in [0.25, 0.3) is 5.91 Å². The highest BCUT2D eigenvalue weighted by Crippen LogP contribution is 2.12. The van der Waals surface area contributed by atoms with Crippen molar-refractivity contribution in [3.05, 3.63) is 35.6 Å². The summed E-state index contributed by atoms with van der Waals surface area (Å²) in [4.78, 5) is 12.0. The molecule has 0 radical (unpaired) electrons. The van der Waals surface area contributed by atoms with E-state index in [-0.39, 0.29) is 10.7 Å². The van der Waals surface area contributed by atoms with E-state index in [4.69, 9.17) is 12.2 Å². The summed E-state index contributed by atoms with van der Waals surface area (Å²) in [5.41, 5.74) is 0.00754. The van der Waals surface area contributed by atoms with Gasteiger partial charge in [-0.1, -0.05) is 103 Å². The third-order valence-electron chi connectivity index (χ3n) is 5.16. The molecule has 0 aliphatic rings. The maximum atomic E-state index is 13.6. The average Bonchev–Trinajstić information content (AvgIpc) is 2.71. The van der Waals surface area contributed by atoms with E-state index >= 15 is 0 Å². The van der Waals surface area contributed by atoms with Crippen molar-refractivity contribution >= 4 is 23.2 Å². The Morgan fingerprint density at radius 3 is 1.83 bits per heavy atom. The van der Waals surface area contributed by atoms with Crippen LogP contribution >= 0.6 is 12.2 Å². The zero-order chi connectivity index (χ0) is 21.2. The van der Waals surface area contributed by atoms with Crippen molar-refractivity contribution in [1.82, 2.24) is 10.6 Å². The molecule has 0 aliphatic carbocycles. The summed E-state index contributed by atoms with van der Waals surface area (Å²) < 4.78 is 13.6. The van der Waals surface area contributed by atoms with E-state index in [1.807, 2.05) is 0 Å². The highest BCUT2D eigenvalue weighted by Gasteiger charge is 2.11. The molecule has 1 aromatic carbocycles. The number of benzene rings is 1. The highest BCUT2D eigenvalue weighted by atomic mass is 32.1. The molecule has 0 fully saturated rings. The zero-order valence-corrected chi connectivity index (χ0v) is 18.9. The molecular formula is C24H39FN2OS. The van der Waals surface area contributed by atoms with Crippen LogP contribution in [0.15, 0.2) is 24.3 Å². The quantitative estimate of drug-likeness (QED) is 0.225. The minimum absolute atomic E-state index is 0.00754. The first kappa shape index (κ1) is 25.5. The van der Waals surface area contributed by atoms with E-state index in [0.717, 1.165) is 19.4 Å². The number of halogens is 1. The molecule has 0 saturated heterocycles. The van der Waals surface area contributed by atoms with Crippen LogP contribution < -0.4 is 10.6 Å². The van der Waals surface area contributed by atoms with Crippen molar-refractivity contribution < 1.29 is 9.18 Å². The molecule has 1 rings (SSSR count). The Morgan fingerprint density at radius 1 is 0.828 bits per heavy atom. The second kappa shape index (κ2) is 17.4. The van der Waals surface area contributed by atoms with Crippen molar-refractivity contribution in [1.29, 1.82) is 0 Å². The monoisotopic (exact) mass is 422 g/mol. The molecule has 0 unspecified atom stereocenters. The van der Waals surface area contributed by atoms with Crippen LogP contribution in [0.2, 0.25) is 0 Å². The Kier molecular flexibility index (Phi) is 15.3. The van der Waals surface area contributed by atoms with Gasteiger partial charge in [0.2, 0.25) is 0 Å². The number of thiocarbonyl (C=S) groups is 1. The largest absolute Gasteiger partial charge is 0.362 e. The second-order valence-electron chi connectivity index (χ2n) is 7.79. The Balaban J connectivity index is 1.89. The molecule has 0 bridgehead atoms. The van der Waals surface area contributed by atoms with E-state index < -0.39 is 11.7 Å². The van der Waals surface area contributed by atoms with E-state index in [1.54, 1.807) is 12.1 Å². The predicted octanol–water partition coefficient (Wildman–Crippen LogP) is 6.91.